The summed E-state index contributed by atoms with van der Waals surface area (Å²) in [6, 6.07) is 13.9. The molecule has 0 atom stereocenters. The minimum absolute atomic E-state index is 0.750. The molecule has 0 aromatic heterocycles. The maximum atomic E-state index is 6.32. The molecule has 0 radical (unpaired) electrons. The molecule has 0 amide bonds. The van der Waals surface area contributed by atoms with Gasteiger partial charge >= 0.3 is 0 Å². The van der Waals surface area contributed by atoms with Gasteiger partial charge in [-0.1, -0.05) is 60.1 Å². The fourth-order valence-electron chi connectivity index (χ4n) is 1.65. The van der Waals surface area contributed by atoms with Crippen molar-refractivity contribution in [2.45, 2.75) is 23.3 Å². The zero-order chi connectivity index (χ0) is 13.7. The highest BCUT2D eigenvalue weighted by atomic mass is 35.5. The van der Waals surface area contributed by atoms with Crippen LogP contribution in [0.15, 0.2) is 52.3 Å². The van der Waals surface area contributed by atoms with Gasteiger partial charge in [-0.05, 0) is 36.4 Å². The van der Waals surface area contributed by atoms with Crippen molar-refractivity contribution in [1.82, 2.24) is 5.32 Å². The molecule has 0 aliphatic heterocycles. The van der Waals surface area contributed by atoms with Gasteiger partial charge in [0.25, 0.3) is 0 Å². The molecule has 0 spiro atoms. The fourth-order valence-corrected chi connectivity index (χ4v) is 3.06. The lowest BCUT2D eigenvalue weighted by Gasteiger charge is -2.08. The largest absolute Gasteiger partial charge is 0.313 e. The molecular formula is C15H15Cl2NS. The van der Waals surface area contributed by atoms with Crippen LogP contribution in [0.1, 0.15) is 12.5 Å². The van der Waals surface area contributed by atoms with Crippen LogP contribution in [0.3, 0.4) is 0 Å². The van der Waals surface area contributed by atoms with E-state index in [4.69, 9.17) is 23.2 Å². The standard InChI is InChI=1S/C15H15Cl2NS/c1-2-18-10-11-7-8-15(13(17)9-11)19-14-6-4-3-5-12(14)16/h3-9,18H,2,10H2,1H3. The Kier molecular flexibility index (Phi) is 5.59. The molecule has 0 bridgehead atoms. The lowest BCUT2D eigenvalue weighted by atomic mass is 10.2. The van der Waals surface area contributed by atoms with E-state index in [9.17, 15) is 0 Å². The molecule has 0 saturated carbocycles. The highest BCUT2D eigenvalue weighted by molar-refractivity contribution is 7.99. The number of hydrogen-bond acceptors (Lipinski definition) is 2. The number of benzene rings is 2. The third-order valence-electron chi connectivity index (χ3n) is 2.63. The van der Waals surface area contributed by atoms with Gasteiger partial charge in [0, 0.05) is 16.3 Å². The summed E-state index contributed by atoms with van der Waals surface area (Å²) in [5, 5.41) is 4.80. The van der Waals surface area contributed by atoms with E-state index in [1.807, 2.05) is 36.4 Å². The normalized spacial score (nSPS) is 10.7. The van der Waals surface area contributed by atoms with Gasteiger partial charge in [-0.15, -0.1) is 0 Å². The highest BCUT2D eigenvalue weighted by Gasteiger charge is 2.06. The minimum Gasteiger partial charge on any atom is -0.313 e. The lowest BCUT2D eigenvalue weighted by Crippen LogP contribution is -2.11. The first-order chi connectivity index (χ1) is 9.20. The van der Waals surface area contributed by atoms with E-state index in [0.29, 0.717) is 0 Å². The Morgan fingerprint density at radius 3 is 2.42 bits per heavy atom. The number of nitrogens with one attached hydrogen (secondary N) is 1. The molecule has 0 heterocycles. The summed E-state index contributed by atoms with van der Waals surface area (Å²) in [7, 11) is 0. The molecular weight excluding hydrogens is 297 g/mol. The van der Waals surface area contributed by atoms with Gasteiger partial charge in [-0.2, -0.15) is 0 Å². The van der Waals surface area contributed by atoms with Gasteiger partial charge in [0.2, 0.25) is 0 Å². The minimum atomic E-state index is 0.750. The fraction of sp³-hybridized carbons (Fsp3) is 0.200. The van der Waals surface area contributed by atoms with Crippen molar-refractivity contribution in [2.24, 2.45) is 0 Å². The number of rotatable bonds is 5. The summed E-state index contributed by atoms with van der Waals surface area (Å²) in [5.41, 5.74) is 1.19. The Bertz CT molecular complexity index is 558. The van der Waals surface area contributed by atoms with Crippen molar-refractivity contribution in [3.05, 3.63) is 58.1 Å². The van der Waals surface area contributed by atoms with Crippen LogP contribution in [0.5, 0.6) is 0 Å². The molecule has 4 heteroatoms. The second-order valence-electron chi connectivity index (χ2n) is 4.08. The van der Waals surface area contributed by atoms with Crippen LogP contribution >= 0.6 is 35.0 Å². The van der Waals surface area contributed by atoms with Crippen molar-refractivity contribution < 1.29 is 0 Å². The Morgan fingerprint density at radius 1 is 1.00 bits per heavy atom. The first-order valence-corrected chi connectivity index (χ1v) is 7.69. The van der Waals surface area contributed by atoms with Crippen LogP contribution in [0.2, 0.25) is 10.0 Å². The average molecular weight is 312 g/mol. The first-order valence-electron chi connectivity index (χ1n) is 6.12. The van der Waals surface area contributed by atoms with Crippen molar-refractivity contribution in [1.29, 1.82) is 0 Å². The smallest absolute Gasteiger partial charge is 0.0548 e. The lowest BCUT2D eigenvalue weighted by molar-refractivity contribution is 0.726. The van der Waals surface area contributed by atoms with Gasteiger partial charge in [-0.3, -0.25) is 0 Å². The molecule has 0 aliphatic carbocycles. The molecule has 2 aromatic rings. The predicted molar refractivity (Wildman–Crippen MR) is 84.4 cm³/mol. The zero-order valence-electron chi connectivity index (χ0n) is 10.6. The van der Waals surface area contributed by atoms with E-state index < -0.39 is 0 Å². The van der Waals surface area contributed by atoms with E-state index in [-0.39, 0.29) is 0 Å². The van der Waals surface area contributed by atoms with Gasteiger partial charge < -0.3 is 5.32 Å². The topological polar surface area (TPSA) is 12.0 Å². The van der Waals surface area contributed by atoms with E-state index in [1.165, 1.54) is 5.56 Å². The summed E-state index contributed by atoms with van der Waals surface area (Å²) < 4.78 is 0. The van der Waals surface area contributed by atoms with E-state index in [0.717, 1.165) is 32.9 Å². The summed E-state index contributed by atoms with van der Waals surface area (Å²) >= 11 is 14.1. The van der Waals surface area contributed by atoms with Crippen LogP contribution in [0, 0.1) is 0 Å². The Hall–Kier alpha value is -0.670. The molecule has 1 nitrogen and oxygen atoms in total. The SMILES string of the molecule is CCNCc1ccc(Sc2ccccc2Cl)c(Cl)c1. The van der Waals surface area contributed by atoms with E-state index in [2.05, 4.69) is 18.3 Å². The zero-order valence-corrected chi connectivity index (χ0v) is 12.9. The third-order valence-corrected chi connectivity index (χ3v) is 4.65. The van der Waals surface area contributed by atoms with Crippen molar-refractivity contribution in [3.63, 3.8) is 0 Å². The molecule has 19 heavy (non-hydrogen) atoms. The molecule has 0 fully saturated rings. The molecule has 0 aliphatic rings. The number of hydrogen-bond donors (Lipinski definition) is 1. The van der Waals surface area contributed by atoms with Gasteiger partial charge in [0.15, 0.2) is 0 Å². The van der Waals surface area contributed by atoms with Gasteiger partial charge in [0.1, 0.15) is 0 Å². The predicted octanol–water partition coefficient (Wildman–Crippen LogP) is 5.25. The number of halogens is 2. The monoisotopic (exact) mass is 311 g/mol. The third kappa shape index (κ3) is 4.15. The first kappa shape index (κ1) is 14.7. The molecule has 0 saturated heterocycles. The van der Waals surface area contributed by atoms with Crippen LogP contribution in [0.4, 0.5) is 0 Å². The van der Waals surface area contributed by atoms with Gasteiger partial charge in [-0.25, -0.2) is 0 Å². The molecule has 2 aromatic carbocycles. The highest BCUT2D eigenvalue weighted by Crippen LogP contribution is 2.37. The van der Waals surface area contributed by atoms with Crippen LogP contribution in [0.25, 0.3) is 0 Å². The Balaban J connectivity index is 2.15. The van der Waals surface area contributed by atoms with Crippen molar-refractivity contribution in [2.75, 3.05) is 6.54 Å². The van der Waals surface area contributed by atoms with Gasteiger partial charge in [0.05, 0.1) is 10.0 Å². The molecule has 2 rings (SSSR count). The van der Waals surface area contributed by atoms with E-state index in [1.54, 1.807) is 11.8 Å². The average Bonchev–Trinajstić information content (AvgIpc) is 2.41. The summed E-state index contributed by atoms with van der Waals surface area (Å²) in [4.78, 5) is 2.04. The molecule has 1 N–H and O–H groups in total. The second-order valence-corrected chi connectivity index (χ2v) is 5.98. The van der Waals surface area contributed by atoms with Crippen LogP contribution in [-0.2, 0) is 6.54 Å². The van der Waals surface area contributed by atoms with Crippen LogP contribution in [-0.4, -0.2) is 6.54 Å². The maximum absolute atomic E-state index is 6.32. The van der Waals surface area contributed by atoms with E-state index >= 15 is 0 Å². The van der Waals surface area contributed by atoms with Crippen molar-refractivity contribution in [3.8, 4) is 0 Å². The molecule has 100 valence electrons. The molecule has 0 unspecified atom stereocenters. The summed E-state index contributed by atoms with van der Waals surface area (Å²) in [5.74, 6) is 0. The second kappa shape index (κ2) is 7.20. The Labute approximate surface area is 128 Å². The Morgan fingerprint density at radius 2 is 1.74 bits per heavy atom. The van der Waals surface area contributed by atoms with Crippen molar-refractivity contribution >= 4 is 35.0 Å². The summed E-state index contributed by atoms with van der Waals surface area (Å²) in [6.45, 7) is 3.88. The van der Waals surface area contributed by atoms with Crippen LogP contribution < -0.4 is 5.32 Å². The quantitative estimate of drug-likeness (QED) is 0.809. The maximum Gasteiger partial charge on any atom is 0.0548 e. The summed E-state index contributed by atoms with van der Waals surface area (Å²) in [6.07, 6.45) is 0.